The number of aromatic nitrogens is 1. The Morgan fingerprint density at radius 1 is 1.53 bits per heavy atom. The highest BCUT2D eigenvalue weighted by Crippen LogP contribution is 2.28. The SMILES string of the molecule is O=C(NCCOCC1CC1)c1c[nH]ccc1=O. The quantitative estimate of drug-likeness (QED) is 0.708. The third-order valence-corrected chi connectivity index (χ3v) is 2.65. The van der Waals surface area contributed by atoms with Crippen molar-refractivity contribution in [3.63, 3.8) is 0 Å². The van der Waals surface area contributed by atoms with Crippen LogP contribution in [0, 0.1) is 5.92 Å². The minimum Gasteiger partial charge on any atom is -0.379 e. The average Bonchev–Trinajstić information content (AvgIpc) is 3.13. The Morgan fingerprint density at radius 3 is 3.06 bits per heavy atom. The number of rotatable bonds is 6. The number of carbonyl (C=O) groups excluding carboxylic acids is 1. The second kappa shape index (κ2) is 5.63. The highest BCUT2D eigenvalue weighted by molar-refractivity contribution is 5.93. The van der Waals surface area contributed by atoms with E-state index in [0.717, 1.165) is 12.5 Å². The monoisotopic (exact) mass is 236 g/mol. The summed E-state index contributed by atoms with van der Waals surface area (Å²) in [7, 11) is 0. The molecule has 0 radical (unpaired) electrons. The highest BCUT2D eigenvalue weighted by Gasteiger charge is 2.20. The second-order valence-electron chi connectivity index (χ2n) is 4.20. The number of hydrogen-bond acceptors (Lipinski definition) is 3. The van der Waals surface area contributed by atoms with Gasteiger partial charge in [0, 0.05) is 31.6 Å². The van der Waals surface area contributed by atoms with Gasteiger partial charge in [-0.15, -0.1) is 0 Å². The summed E-state index contributed by atoms with van der Waals surface area (Å²) in [6.45, 7) is 1.70. The summed E-state index contributed by atoms with van der Waals surface area (Å²) in [5.74, 6) is 0.365. The first kappa shape index (κ1) is 11.9. The van der Waals surface area contributed by atoms with Crippen molar-refractivity contribution in [1.29, 1.82) is 0 Å². The van der Waals surface area contributed by atoms with Crippen molar-refractivity contribution in [3.8, 4) is 0 Å². The molecular formula is C12H16N2O3. The molecular weight excluding hydrogens is 220 g/mol. The van der Waals surface area contributed by atoms with Gasteiger partial charge in [0.05, 0.1) is 6.61 Å². The van der Waals surface area contributed by atoms with E-state index in [4.69, 9.17) is 4.74 Å². The van der Waals surface area contributed by atoms with Crippen LogP contribution >= 0.6 is 0 Å². The van der Waals surface area contributed by atoms with Gasteiger partial charge in [-0.1, -0.05) is 0 Å². The predicted octanol–water partition coefficient (Wildman–Crippen LogP) is 0.531. The van der Waals surface area contributed by atoms with E-state index in [-0.39, 0.29) is 16.9 Å². The number of ether oxygens (including phenoxy) is 1. The Kier molecular flexibility index (Phi) is 3.93. The highest BCUT2D eigenvalue weighted by atomic mass is 16.5. The molecule has 1 saturated carbocycles. The molecule has 1 fully saturated rings. The van der Waals surface area contributed by atoms with E-state index in [9.17, 15) is 9.59 Å². The Balaban J connectivity index is 1.69. The van der Waals surface area contributed by atoms with Gasteiger partial charge in [0.15, 0.2) is 5.43 Å². The third kappa shape index (κ3) is 3.71. The molecule has 0 atom stereocenters. The van der Waals surface area contributed by atoms with Crippen LogP contribution in [0.1, 0.15) is 23.2 Å². The van der Waals surface area contributed by atoms with Crippen molar-refractivity contribution >= 4 is 5.91 Å². The van der Waals surface area contributed by atoms with Crippen LogP contribution in [0.5, 0.6) is 0 Å². The molecule has 1 aromatic heterocycles. The minimum atomic E-state index is -0.359. The molecule has 1 aliphatic carbocycles. The summed E-state index contributed by atoms with van der Waals surface area (Å²) in [6.07, 6.45) is 5.41. The number of H-pyrrole nitrogens is 1. The third-order valence-electron chi connectivity index (χ3n) is 2.65. The van der Waals surface area contributed by atoms with Crippen molar-refractivity contribution in [3.05, 3.63) is 34.2 Å². The van der Waals surface area contributed by atoms with Gasteiger partial charge in [-0.2, -0.15) is 0 Å². The number of carbonyl (C=O) groups is 1. The number of hydrogen-bond donors (Lipinski definition) is 2. The molecule has 2 rings (SSSR count). The van der Waals surface area contributed by atoms with Gasteiger partial charge >= 0.3 is 0 Å². The lowest BCUT2D eigenvalue weighted by molar-refractivity contribution is 0.0905. The lowest BCUT2D eigenvalue weighted by Crippen LogP contribution is -2.31. The van der Waals surface area contributed by atoms with Crippen molar-refractivity contribution in [1.82, 2.24) is 10.3 Å². The number of amides is 1. The van der Waals surface area contributed by atoms with E-state index in [0.29, 0.717) is 13.2 Å². The van der Waals surface area contributed by atoms with Gasteiger partial charge < -0.3 is 15.0 Å². The molecule has 0 unspecified atom stereocenters. The number of pyridine rings is 1. The zero-order valence-corrected chi connectivity index (χ0v) is 9.57. The van der Waals surface area contributed by atoms with Crippen LogP contribution in [0.4, 0.5) is 0 Å². The standard InChI is InChI=1S/C12H16N2O3/c15-11-3-4-13-7-10(11)12(16)14-5-6-17-8-9-1-2-9/h3-4,7,9H,1-2,5-6,8H2,(H,13,15)(H,14,16). The van der Waals surface area contributed by atoms with Gasteiger partial charge in [0.2, 0.25) is 0 Å². The summed E-state index contributed by atoms with van der Waals surface area (Å²) in [5.41, 5.74) is -0.144. The van der Waals surface area contributed by atoms with E-state index in [1.54, 1.807) is 0 Å². The van der Waals surface area contributed by atoms with Crippen LogP contribution in [-0.2, 0) is 4.74 Å². The van der Waals surface area contributed by atoms with Crippen molar-refractivity contribution < 1.29 is 9.53 Å². The fraction of sp³-hybridized carbons (Fsp3) is 0.500. The van der Waals surface area contributed by atoms with Crippen molar-refractivity contribution in [2.24, 2.45) is 5.92 Å². The second-order valence-corrected chi connectivity index (χ2v) is 4.20. The van der Waals surface area contributed by atoms with Gasteiger partial charge in [-0.3, -0.25) is 9.59 Å². The largest absolute Gasteiger partial charge is 0.379 e. The van der Waals surface area contributed by atoms with Gasteiger partial charge in [-0.25, -0.2) is 0 Å². The first-order chi connectivity index (χ1) is 8.27. The molecule has 1 aliphatic rings. The molecule has 0 saturated heterocycles. The van der Waals surface area contributed by atoms with Gasteiger partial charge in [0.25, 0.3) is 5.91 Å². The van der Waals surface area contributed by atoms with E-state index in [1.807, 2.05) is 0 Å². The molecule has 1 aromatic rings. The Hall–Kier alpha value is -1.62. The molecule has 5 nitrogen and oxygen atoms in total. The van der Waals surface area contributed by atoms with Crippen LogP contribution < -0.4 is 10.7 Å². The summed E-state index contributed by atoms with van der Waals surface area (Å²) in [6, 6.07) is 1.33. The van der Waals surface area contributed by atoms with Crippen LogP contribution in [0.25, 0.3) is 0 Å². The normalized spacial score (nSPS) is 14.6. The van der Waals surface area contributed by atoms with E-state index >= 15 is 0 Å². The maximum Gasteiger partial charge on any atom is 0.256 e. The molecule has 5 heteroatoms. The van der Waals surface area contributed by atoms with Gasteiger partial charge in [-0.05, 0) is 18.8 Å². The Morgan fingerprint density at radius 2 is 2.35 bits per heavy atom. The van der Waals surface area contributed by atoms with E-state index in [1.165, 1.54) is 31.3 Å². The van der Waals surface area contributed by atoms with Gasteiger partial charge in [0.1, 0.15) is 5.56 Å². The number of aromatic amines is 1. The van der Waals surface area contributed by atoms with E-state index < -0.39 is 0 Å². The van der Waals surface area contributed by atoms with Crippen molar-refractivity contribution in [2.75, 3.05) is 19.8 Å². The molecule has 1 heterocycles. The molecule has 17 heavy (non-hydrogen) atoms. The maximum absolute atomic E-state index is 11.6. The molecule has 92 valence electrons. The Bertz CT molecular complexity index is 437. The fourth-order valence-electron chi connectivity index (χ4n) is 1.46. The van der Waals surface area contributed by atoms with Crippen LogP contribution in [0.2, 0.25) is 0 Å². The smallest absolute Gasteiger partial charge is 0.256 e. The van der Waals surface area contributed by atoms with Crippen LogP contribution in [0.15, 0.2) is 23.3 Å². The zero-order chi connectivity index (χ0) is 12.1. The summed E-state index contributed by atoms with van der Waals surface area (Å²) < 4.78 is 5.37. The molecule has 2 N–H and O–H groups in total. The first-order valence-electron chi connectivity index (χ1n) is 5.80. The first-order valence-corrected chi connectivity index (χ1v) is 5.80. The van der Waals surface area contributed by atoms with E-state index in [2.05, 4.69) is 10.3 Å². The molecule has 0 bridgehead atoms. The lowest BCUT2D eigenvalue weighted by atomic mass is 10.2. The molecule has 0 aromatic carbocycles. The predicted molar refractivity (Wildman–Crippen MR) is 62.9 cm³/mol. The molecule has 1 amide bonds. The van der Waals surface area contributed by atoms with Crippen molar-refractivity contribution in [2.45, 2.75) is 12.8 Å². The summed E-state index contributed by atoms with van der Waals surface area (Å²) in [4.78, 5) is 25.6. The lowest BCUT2D eigenvalue weighted by Gasteiger charge is -2.05. The van der Waals surface area contributed by atoms with Crippen LogP contribution in [-0.4, -0.2) is 30.6 Å². The zero-order valence-electron chi connectivity index (χ0n) is 9.57. The molecule has 0 aliphatic heterocycles. The molecule has 0 spiro atoms. The topological polar surface area (TPSA) is 71.2 Å². The van der Waals surface area contributed by atoms with Crippen LogP contribution in [0.3, 0.4) is 0 Å². The fourth-order valence-corrected chi connectivity index (χ4v) is 1.46. The Labute approximate surface area is 99.2 Å². The summed E-state index contributed by atoms with van der Waals surface area (Å²) >= 11 is 0. The summed E-state index contributed by atoms with van der Waals surface area (Å²) in [5, 5.41) is 2.65. The number of nitrogens with one attached hydrogen (secondary N) is 2. The maximum atomic E-state index is 11.6. The average molecular weight is 236 g/mol. The minimum absolute atomic E-state index is 0.134.